The summed E-state index contributed by atoms with van der Waals surface area (Å²) in [6.07, 6.45) is -1.50. The van der Waals surface area contributed by atoms with Crippen LogP contribution in [0.1, 0.15) is 13.3 Å². The first-order valence-corrected chi connectivity index (χ1v) is 10.5. The minimum absolute atomic E-state index is 0.0951. The molecule has 2 aromatic carbocycles. The first kappa shape index (κ1) is 16.4. The van der Waals surface area contributed by atoms with Crippen molar-refractivity contribution in [2.45, 2.75) is 43.2 Å². The van der Waals surface area contributed by atoms with Gasteiger partial charge in [0.25, 0.3) is 0 Å². The third kappa shape index (κ3) is 2.88. The maximum absolute atomic E-state index is 10.6. The second kappa shape index (κ2) is 6.57. The lowest BCUT2D eigenvalue weighted by atomic mass is 10.1. The predicted molar refractivity (Wildman–Crippen MR) is 94.8 cm³/mol. The van der Waals surface area contributed by atoms with Crippen LogP contribution in [0.15, 0.2) is 60.7 Å². The van der Waals surface area contributed by atoms with E-state index in [4.69, 9.17) is 0 Å². The van der Waals surface area contributed by atoms with Crippen molar-refractivity contribution in [2.75, 3.05) is 0 Å². The molecule has 0 spiro atoms. The molecule has 0 bridgehead atoms. The Kier molecular flexibility index (Phi) is 4.68. The molecule has 1 aliphatic heterocycles. The Hall–Kier alpha value is -1.46. The van der Waals surface area contributed by atoms with Crippen molar-refractivity contribution in [1.82, 2.24) is 0 Å². The Bertz CT molecular complexity index is 590. The lowest BCUT2D eigenvalue weighted by Gasteiger charge is -2.36. The van der Waals surface area contributed by atoms with E-state index >= 15 is 0 Å². The van der Waals surface area contributed by atoms with E-state index in [0.717, 1.165) is 0 Å². The van der Waals surface area contributed by atoms with Crippen LogP contribution < -0.4 is 10.4 Å². The Morgan fingerprint density at radius 3 is 1.87 bits per heavy atom. The molecule has 4 atom stereocenters. The van der Waals surface area contributed by atoms with Gasteiger partial charge in [-0.25, -0.2) is 0 Å². The molecule has 1 fully saturated rings. The molecule has 1 heterocycles. The molecule has 1 saturated heterocycles. The van der Waals surface area contributed by atoms with Gasteiger partial charge in [-0.05, 0) is 24.9 Å². The van der Waals surface area contributed by atoms with Gasteiger partial charge in [-0.15, -0.1) is 0 Å². The highest BCUT2D eigenvalue weighted by Gasteiger charge is 2.56. The van der Waals surface area contributed by atoms with E-state index in [1.54, 1.807) is 6.92 Å². The molecular formula is C19H24O3Si. The molecule has 0 saturated carbocycles. The van der Waals surface area contributed by atoms with Gasteiger partial charge < -0.3 is 15.3 Å². The zero-order chi connectivity index (χ0) is 16.4. The van der Waals surface area contributed by atoms with Gasteiger partial charge in [-0.3, -0.25) is 0 Å². The average molecular weight is 328 g/mol. The quantitative estimate of drug-likeness (QED) is 0.737. The van der Waals surface area contributed by atoms with Crippen molar-refractivity contribution < 1.29 is 15.3 Å². The monoisotopic (exact) mass is 328 g/mol. The summed E-state index contributed by atoms with van der Waals surface area (Å²) in [6, 6.07) is 21.1. The normalized spacial score (nSPS) is 27.7. The zero-order valence-corrected chi connectivity index (χ0v) is 14.3. The summed E-state index contributed by atoms with van der Waals surface area (Å²) < 4.78 is 0. The van der Waals surface area contributed by atoms with Gasteiger partial charge in [0, 0.05) is 0 Å². The maximum atomic E-state index is 10.6. The van der Waals surface area contributed by atoms with E-state index in [-0.39, 0.29) is 5.54 Å². The van der Waals surface area contributed by atoms with Crippen LogP contribution in [-0.2, 0) is 0 Å². The topological polar surface area (TPSA) is 60.7 Å². The highest BCUT2D eigenvalue weighted by molar-refractivity contribution is 7.04. The van der Waals surface area contributed by atoms with Crippen LogP contribution in [0.4, 0.5) is 0 Å². The number of hydrogen-bond acceptors (Lipinski definition) is 3. The van der Waals surface area contributed by atoms with Crippen molar-refractivity contribution in [3.63, 3.8) is 0 Å². The van der Waals surface area contributed by atoms with Crippen LogP contribution in [0.25, 0.3) is 0 Å². The van der Waals surface area contributed by atoms with E-state index in [0.29, 0.717) is 12.5 Å². The number of rotatable bonds is 4. The third-order valence-corrected chi connectivity index (χ3v) is 10.8. The second-order valence-corrected chi connectivity index (χ2v) is 10.9. The fourth-order valence-corrected chi connectivity index (χ4v) is 10.2. The van der Waals surface area contributed by atoms with E-state index in [1.807, 2.05) is 36.4 Å². The maximum Gasteiger partial charge on any atom is 0.126 e. The van der Waals surface area contributed by atoms with E-state index in [2.05, 4.69) is 24.3 Å². The summed E-state index contributed by atoms with van der Waals surface area (Å²) in [4.78, 5) is 0. The summed E-state index contributed by atoms with van der Waals surface area (Å²) in [6.45, 7) is 1.76. The number of aliphatic hydroxyl groups excluding tert-OH is 3. The molecule has 3 rings (SSSR count). The van der Waals surface area contributed by atoms with Crippen LogP contribution in [0.5, 0.6) is 0 Å². The molecule has 0 aliphatic carbocycles. The second-order valence-electron chi connectivity index (χ2n) is 6.66. The van der Waals surface area contributed by atoms with Crippen molar-refractivity contribution >= 4 is 18.4 Å². The Labute approximate surface area is 138 Å². The fourth-order valence-electron chi connectivity index (χ4n) is 4.17. The fraction of sp³-hybridized carbons (Fsp3) is 0.368. The van der Waals surface area contributed by atoms with E-state index < -0.39 is 26.4 Å². The average Bonchev–Trinajstić information content (AvgIpc) is 2.82. The van der Waals surface area contributed by atoms with Crippen molar-refractivity contribution in [2.24, 2.45) is 0 Å². The summed E-state index contributed by atoms with van der Waals surface area (Å²) in [5.74, 6) is 0. The van der Waals surface area contributed by atoms with Crippen molar-refractivity contribution in [3.8, 4) is 0 Å². The van der Waals surface area contributed by atoms with Crippen LogP contribution in [0, 0.1) is 0 Å². The van der Waals surface area contributed by atoms with Crippen LogP contribution in [0.2, 0.25) is 11.6 Å². The van der Waals surface area contributed by atoms with Gasteiger partial charge in [0.2, 0.25) is 0 Å². The molecule has 122 valence electrons. The van der Waals surface area contributed by atoms with Crippen LogP contribution >= 0.6 is 0 Å². The third-order valence-electron chi connectivity index (χ3n) is 5.14. The lowest BCUT2D eigenvalue weighted by Crippen LogP contribution is -2.60. The predicted octanol–water partition coefficient (Wildman–Crippen LogP) is 1.13. The molecule has 0 unspecified atom stereocenters. The molecule has 3 nitrogen and oxygen atoms in total. The minimum atomic E-state index is -2.36. The highest BCUT2D eigenvalue weighted by atomic mass is 28.3. The molecular weight excluding hydrogens is 304 g/mol. The molecule has 0 aromatic heterocycles. The first-order valence-electron chi connectivity index (χ1n) is 8.21. The Morgan fingerprint density at radius 1 is 0.957 bits per heavy atom. The molecule has 4 heteroatoms. The van der Waals surface area contributed by atoms with Crippen LogP contribution in [0.3, 0.4) is 0 Å². The Balaban J connectivity index is 2.19. The van der Waals surface area contributed by atoms with E-state index in [9.17, 15) is 15.3 Å². The minimum Gasteiger partial charge on any atom is -0.393 e. The SMILES string of the molecule is C[C@H](O)C[C@@H]1[C@@H](O)[C@@H](O)C[Si]1(c1ccccc1)c1ccccc1. The van der Waals surface area contributed by atoms with Crippen molar-refractivity contribution in [3.05, 3.63) is 60.7 Å². The molecule has 0 radical (unpaired) electrons. The van der Waals surface area contributed by atoms with Crippen molar-refractivity contribution in [1.29, 1.82) is 0 Å². The largest absolute Gasteiger partial charge is 0.393 e. The van der Waals surface area contributed by atoms with Gasteiger partial charge in [-0.2, -0.15) is 0 Å². The van der Waals surface area contributed by atoms with Gasteiger partial charge in [0.05, 0.1) is 18.3 Å². The molecule has 23 heavy (non-hydrogen) atoms. The molecule has 1 aliphatic rings. The molecule has 2 aromatic rings. The Morgan fingerprint density at radius 2 is 1.43 bits per heavy atom. The van der Waals surface area contributed by atoms with Gasteiger partial charge in [-0.1, -0.05) is 71.0 Å². The van der Waals surface area contributed by atoms with E-state index in [1.165, 1.54) is 10.4 Å². The standard InChI is InChI=1S/C19H24O3Si/c1-14(20)12-18-19(22)17(21)13-23(18,15-8-4-2-5-9-15)16-10-6-3-7-11-16/h2-11,14,17-22H,12-13H2,1H3/t14-,17-,18+,19-/m0/s1. The zero-order valence-electron chi connectivity index (χ0n) is 13.3. The summed E-state index contributed by atoms with van der Waals surface area (Å²) in [5, 5.41) is 33.5. The molecule has 3 N–H and O–H groups in total. The number of benzene rings is 2. The summed E-state index contributed by atoms with van der Waals surface area (Å²) >= 11 is 0. The highest BCUT2D eigenvalue weighted by Crippen LogP contribution is 2.42. The lowest BCUT2D eigenvalue weighted by molar-refractivity contribution is 0.0302. The van der Waals surface area contributed by atoms with Gasteiger partial charge in [0.1, 0.15) is 8.07 Å². The summed E-state index contributed by atoms with van der Waals surface area (Å²) in [5.41, 5.74) is -0.0951. The molecule has 0 amide bonds. The van der Waals surface area contributed by atoms with Gasteiger partial charge >= 0.3 is 0 Å². The number of hydrogen-bond donors (Lipinski definition) is 3. The smallest absolute Gasteiger partial charge is 0.126 e. The summed E-state index contributed by atoms with van der Waals surface area (Å²) in [7, 11) is -2.36. The van der Waals surface area contributed by atoms with Crippen LogP contribution in [-0.4, -0.2) is 41.7 Å². The first-order chi connectivity index (χ1) is 11.1. The number of aliphatic hydroxyl groups is 3. The van der Waals surface area contributed by atoms with Gasteiger partial charge in [0.15, 0.2) is 0 Å².